The Bertz CT molecular complexity index is 607. The summed E-state index contributed by atoms with van der Waals surface area (Å²) in [5, 5.41) is 2.75. The molecule has 1 aliphatic heterocycles. The van der Waals surface area contributed by atoms with E-state index in [2.05, 4.69) is 21.2 Å². The summed E-state index contributed by atoms with van der Waals surface area (Å²) < 4.78 is 38.0. The Labute approximate surface area is 140 Å². The number of carbonyl (C=O) groups is 2. The number of nitrogens with zero attached hydrogens (tertiary/aromatic N) is 1. The fraction of sp³-hybridized carbons (Fsp3) is 0.467. The molecule has 0 aromatic heterocycles. The first-order chi connectivity index (χ1) is 10.7. The third-order valence-corrected chi connectivity index (χ3v) is 4.16. The Balaban J connectivity index is 1.95. The zero-order chi connectivity index (χ0) is 17.2. The molecule has 0 bridgehead atoms. The average molecular weight is 393 g/mol. The molecule has 0 aliphatic carbocycles. The number of alkyl halides is 3. The minimum Gasteiger partial charge on any atom is -0.349 e. The van der Waals surface area contributed by atoms with Crippen LogP contribution in [0.1, 0.15) is 24.9 Å². The number of halogens is 4. The average Bonchev–Trinajstić information content (AvgIpc) is 2.78. The number of benzene rings is 1. The summed E-state index contributed by atoms with van der Waals surface area (Å²) in [7, 11) is 0. The van der Waals surface area contributed by atoms with Crippen molar-refractivity contribution in [2.24, 2.45) is 5.92 Å². The van der Waals surface area contributed by atoms with Gasteiger partial charge in [-0.15, -0.1) is 0 Å². The van der Waals surface area contributed by atoms with Gasteiger partial charge in [-0.1, -0.05) is 28.1 Å². The van der Waals surface area contributed by atoms with E-state index in [1.165, 1.54) is 0 Å². The second-order valence-corrected chi connectivity index (χ2v) is 6.49. The van der Waals surface area contributed by atoms with Crippen LogP contribution in [0, 0.1) is 5.92 Å². The van der Waals surface area contributed by atoms with Gasteiger partial charge >= 0.3 is 6.18 Å². The predicted octanol–water partition coefficient (Wildman–Crippen LogP) is 3.04. The highest BCUT2D eigenvalue weighted by Crippen LogP contribution is 2.25. The van der Waals surface area contributed by atoms with Crippen molar-refractivity contribution in [2.75, 3.05) is 13.1 Å². The standard InChI is InChI=1S/C15H16BrF3N2O2/c1-9(10-3-2-4-12(16)5-10)20-14(23)11-6-13(22)21(7-11)8-15(17,18)19/h2-5,9,11H,6-8H2,1H3,(H,20,23)/t9-,11+/m1/s1. The molecule has 2 atom stereocenters. The Hall–Kier alpha value is -1.57. The van der Waals surface area contributed by atoms with E-state index in [0.29, 0.717) is 4.90 Å². The van der Waals surface area contributed by atoms with Gasteiger partial charge in [-0.05, 0) is 24.6 Å². The Morgan fingerprint density at radius 1 is 1.48 bits per heavy atom. The summed E-state index contributed by atoms with van der Waals surface area (Å²) in [4.78, 5) is 24.5. The predicted molar refractivity (Wildman–Crippen MR) is 81.4 cm³/mol. The molecule has 1 heterocycles. The lowest BCUT2D eigenvalue weighted by molar-refractivity contribution is -0.157. The number of hydrogen-bond donors (Lipinski definition) is 1. The van der Waals surface area contributed by atoms with E-state index in [0.717, 1.165) is 10.0 Å². The molecule has 0 unspecified atom stereocenters. The van der Waals surface area contributed by atoms with E-state index in [4.69, 9.17) is 0 Å². The maximum atomic E-state index is 12.4. The van der Waals surface area contributed by atoms with Crippen LogP contribution in [0.25, 0.3) is 0 Å². The van der Waals surface area contributed by atoms with Gasteiger partial charge in [0, 0.05) is 17.4 Å². The number of nitrogens with one attached hydrogen (secondary N) is 1. The van der Waals surface area contributed by atoms with Crippen LogP contribution in [0.3, 0.4) is 0 Å². The lowest BCUT2D eigenvalue weighted by Crippen LogP contribution is -2.37. The number of carbonyl (C=O) groups excluding carboxylic acids is 2. The van der Waals surface area contributed by atoms with Crippen LogP contribution in [0.2, 0.25) is 0 Å². The molecule has 1 N–H and O–H groups in total. The van der Waals surface area contributed by atoms with Gasteiger partial charge in [0.2, 0.25) is 11.8 Å². The van der Waals surface area contributed by atoms with E-state index in [1.807, 2.05) is 24.3 Å². The van der Waals surface area contributed by atoms with Crippen molar-refractivity contribution in [1.29, 1.82) is 0 Å². The molecule has 2 amide bonds. The smallest absolute Gasteiger partial charge is 0.349 e. The van der Waals surface area contributed by atoms with Gasteiger partial charge in [-0.3, -0.25) is 9.59 Å². The van der Waals surface area contributed by atoms with E-state index in [-0.39, 0.29) is 19.0 Å². The number of likely N-dealkylation sites (tertiary alicyclic amines) is 1. The normalized spacial score (nSPS) is 19.8. The number of hydrogen-bond acceptors (Lipinski definition) is 2. The van der Waals surface area contributed by atoms with Gasteiger partial charge in [0.15, 0.2) is 0 Å². The second-order valence-electron chi connectivity index (χ2n) is 5.58. The third kappa shape index (κ3) is 4.95. The van der Waals surface area contributed by atoms with Crippen molar-refractivity contribution in [3.8, 4) is 0 Å². The van der Waals surface area contributed by atoms with E-state index < -0.39 is 30.5 Å². The van der Waals surface area contributed by atoms with Crippen molar-refractivity contribution in [3.05, 3.63) is 34.3 Å². The minimum absolute atomic E-state index is 0.187. The van der Waals surface area contributed by atoms with Crippen LogP contribution < -0.4 is 5.32 Å². The van der Waals surface area contributed by atoms with Gasteiger partial charge in [0.25, 0.3) is 0 Å². The first-order valence-corrected chi connectivity index (χ1v) is 7.85. The number of amides is 2. The van der Waals surface area contributed by atoms with E-state index in [9.17, 15) is 22.8 Å². The first-order valence-electron chi connectivity index (χ1n) is 7.06. The molecule has 1 saturated heterocycles. The molecule has 0 spiro atoms. The Morgan fingerprint density at radius 3 is 2.78 bits per heavy atom. The highest BCUT2D eigenvalue weighted by molar-refractivity contribution is 9.10. The summed E-state index contributed by atoms with van der Waals surface area (Å²) in [5.74, 6) is -1.80. The molecule has 2 rings (SSSR count). The molecule has 0 radical (unpaired) electrons. The molecule has 126 valence electrons. The molecule has 1 fully saturated rings. The van der Waals surface area contributed by atoms with Gasteiger partial charge in [-0.25, -0.2) is 0 Å². The highest BCUT2D eigenvalue weighted by Gasteiger charge is 2.40. The Morgan fingerprint density at radius 2 is 2.17 bits per heavy atom. The fourth-order valence-corrected chi connectivity index (χ4v) is 2.92. The topological polar surface area (TPSA) is 49.4 Å². The van der Waals surface area contributed by atoms with E-state index in [1.54, 1.807) is 6.92 Å². The third-order valence-electron chi connectivity index (χ3n) is 3.66. The van der Waals surface area contributed by atoms with E-state index >= 15 is 0 Å². The zero-order valence-electron chi connectivity index (χ0n) is 12.4. The maximum absolute atomic E-state index is 12.4. The zero-order valence-corrected chi connectivity index (χ0v) is 13.9. The largest absolute Gasteiger partial charge is 0.406 e. The van der Waals surface area contributed by atoms with Gasteiger partial charge in [-0.2, -0.15) is 13.2 Å². The SMILES string of the molecule is C[C@@H](NC(=O)[C@H]1CC(=O)N(CC(F)(F)F)C1)c1cccc(Br)c1. The van der Waals surface area contributed by atoms with Crippen LogP contribution in [0.4, 0.5) is 13.2 Å². The van der Waals surface area contributed by atoms with Crippen LogP contribution in [-0.2, 0) is 9.59 Å². The summed E-state index contributed by atoms with van der Waals surface area (Å²) >= 11 is 3.34. The molecular formula is C15H16BrF3N2O2. The molecule has 23 heavy (non-hydrogen) atoms. The molecule has 1 aromatic rings. The molecule has 8 heteroatoms. The molecule has 1 aromatic carbocycles. The molecule has 1 aliphatic rings. The summed E-state index contributed by atoms with van der Waals surface area (Å²) in [5.41, 5.74) is 0.865. The highest BCUT2D eigenvalue weighted by atomic mass is 79.9. The lowest BCUT2D eigenvalue weighted by atomic mass is 10.1. The minimum atomic E-state index is -4.45. The van der Waals surface area contributed by atoms with Crippen LogP contribution >= 0.6 is 15.9 Å². The number of rotatable bonds is 4. The van der Waals surface area contributed by atoms with Crippen LogP contribution in [0.5, 0.6) is 0 Å². The van der Waals surface area contributed by atoms with Gasteiger partial charge in [0.1, 0.15) is 6.54 Å². The van der Waals surface area contributed by atoms with Crippen LogP contribution in [0.15, 0.2) is 28.7 Å². The van der Waals surface area contributed by atoms with Crippen molar-refractivity contribution in [2.45, 2.75) is 25.6 Å². The van der Waals surface area contributed by atoms with Crippen LogP contribution in [-0.4, -0.2) is 36.0 Å². The lowest BCUT2D eigenvalue weighted by Gasteiger charge is -2.19. The maximum Gasteiger partial charge on any atom is 0.406 e. The summed E-state index contributed by atoms with van der Waals surface area (Å²) in [6.07, 6.45) is -4.64. The first kappa shape index (κ1) is 17.8. The second kappa shape index (κ2) is 6.90. The van der Waals surface area contributed by atoms with Crippen molar-refractivity contribution >= 4 is 27.7 Å². The van der Waals surface area contributed by atoms with Crippen molar-refractivity contribution in [3.63, 3.8) is 0 Å². The summed E-state index contributed by atoms with van der Waals surface area (Å²) in [6.45, 7) is 0.274. The monoisotopic (exact) mass is 392 g/mol. The molecule has 4 nitrogen and oxygen atoms in total. The van der Waals surface area contributed by atoms with Gasteiger partial charge in [0.05, 0.1) is 12.0 Å². The fourth-order valence-electron chi connectivity index (χ4n) is 2.51. The Kier molecular flexibility index (Phi) is 5.33. The van der Waals surface area contributed by atoms with Crippen molar-refractivity contribution in [1.82, 2.24) is 10.2 Å². The van der Waals surface area contributed by atoms with Crippen molar-refractivity contribution < 1.29 is 22.8 Å². The quantitative estimate of drug-likeness (QED) is 0.855. The molecular weight excluding hydrogens is 377 g/mol. The molecule has 0 saturated carbocycles. The van der Waals surface area contributed by atoms with Gasteiger partial charge < -0.3 is 10.2 Å². The summed E-state index contributed by atoms with van der Waals surface area (Å²) in [6, 6.07) is 7.06.